The molecule has 4 aromatic rings. The summed E-state index contributed by atoms with van der Waals surface area (Å²) >= 11 is 7.36. The summed E-state index contributed by atoms with van der Waals surface area (Å²) in [6.07, 6.45) is 0.876. The van der Waals surface area contributed by atoms with Crippen molar-refractivity contribution < 1.29 is 19.4 Å². The predicted octanol–water partition coefficient (Wildman–Crippen LogP) is 6.54. The Labute approximate surface area is 217 Å². The van der Waals surface area contributed by atoms with Gasteiger partial charge in [-0.1, -0.05) is 48.1 Å². The van der Waals surface area contributed by atoms with Crippen LogP contribution in [0.25, 0.3) is 16.0 Å². The molecule has 36 heavy (non-hydrogen) atoms. The average molecular weight is 519 g/mol. The fourth-order valence-corrected chi connectivity index (χ4v) is 5.48. The van der Waals surface area contributed by atoms with Crippen LogP contribution < -0.4 is 9.64 Å². The number of thiazole rings is 1. The van der Waals surface area contributed by atoms with Gasteiger partial charge in [0, 0.05) is 10.6 Å². The summed E-state index contributed by atoms with van der Waals surface area (Å²) in [5.74, 6) is -1.10. The van der Waals surface area contributed by atoms with E-state index in [2.05, 4.69) is 11.9 Å². The number of benzene rings is 3. The normalized spacial score (nSPS) is 17.2. The van der Waals surface area contributed by atoms with Gasteiger partial charge in [-0.3, -0.25) is 14.5 Å². The van der Waals surface area contributed by atoms with Crippen LogP contribution in [-0.4, -0.2) is 28.4 Å². The number of carbonyl (C=O) groups is 2. The van der Waals surface area contributed by atoms with E-state index in [9.17, 15) is 14.7 Å². The van der Waals surface area contributed by atoms with Crippen molar-refractivity contribution in [3.8, 4) is 5.75 Å². The number of aliphatic hydroxyl groups excluding tert-OH is 1. The molecule has 0 spiro atoms. The topological polar surface area (TPSA) is 79.7 Å². The van der Waals surface area contributed by atoms with Gasteiger partial charge >= 0.3 is 5.91 Å². The average Bonchev–Trinajstić information content (AvgIpc) is 3.42. The lowest BCUT2D eigenvalue weighted by molar-refractivity contribution is -0.132. The van der Waals surface area contributed by atoms with Crippen molar-refractivity contribution in [1.29, 1.82) is 0 Å². The number of aromatic nitrogens is 1. The molecule has 1 aliphatic heterocycles. The quantitative estimate of drug-likeness (QED) is 0.178. The number of amides is 1. The van der Waals surface area contributed by atoms with Crippen LogP contribution in [0.1, 0.15) is 36.6 Å². The highest BCUT2D eigenvalue weighted by Crippen LogP contribution is 2.44. The maximum absolute atomic E-state index is 13.4. The maximum Gasteiger partial charge on any atom is 0.301 e. The smallest absolute Gasteiger partial charge is 0.301 e. The second kappa shape index (κ2) is 9.76. The highest BCUT2D eigenvalue weighted by atomic mass is 35.5. The molecular weight excluding hydrogens is 496 g/mol. The fraction of sp³-hybridized carbons (Fsp3) is 0.179. The number of carbonyl (C=O) groups excluding carboxylic acids is 2. The monoisotopic (exact) mass is 518 g/mol. The Morgan fingerprint density at radius 1 is 1.06 bits per heavy atom. The molecule has 1 amide bonds. The maximum atomic E-state index is 13.4. The van der Waals surface area contributed by atoms with Crippen LogP contribution in [0.3, 0.4) is 0 Å². The molecule has 8 heteroatoms. The number of fused-ring (bicyclic) bond motifs is 1. The third-order valence-electron chi connectivity index (χ3n) is 6.12. The second-order valence-electron chi connectivity index (χ2n) is 8.33. The molecule has 1 aromatic heterocycles. The molecule has 0 unspecified atom stereocenters. The van der Waals surface area contributed by atoms with Gasteiger partial charge in [-0.05, 0) is 73.0 Å². The molecule has 3 aromatic carbocycles. The number of anilines is 1. The Morgan fingerprint density at radius 2 is 1.78 bits per heavy atom. The molecule has 1 saturated heterocycles. The minimum atomic E-state index is -0.859. The number of aliphatic hydroxyl groups is 1. The van der Waals surface area contributed by atoms with Gasteiger partial charge in [-0.25, -0.2) is 4.98 Å². The van der Waals surface area contributed by atoms with E-state index in [0.29, 0.717) is 33.6 Å². The van der Waals surface area contributed by atoms with E-state index >= 15 is 0 Å². The Balaban J connectivity index is 1.69. The molecule has 2 heterocycles. The number of nitrogens with zero attached hydrogens (tertiary/aromatic N) is 2. The SMILES string of the molecule is CCOc1ccc([C@@H]2/C(=C(\O)c3ccc(Cl)cc3)C(=O)C(=O)N2c2nc3ccc(CC)cc3s2)cc1. The van der Waals surface area contributed by atoms with E-state index in [1.165, 1.54) is 16.2 Å². The number of halogens is 1. The molecule has 1 aliphatic rings. The molecule has 0 radical (unpaired) electrons. The van der Waals surface area contributed by atoms with Gasteiger partial charge in [0.05, 0.1) is 28.4 Å². The van der Waals surface area contributed by atoms with Crippen molar-refractivity contribution in [2.45, 2.75) is 26.3 Å². The van der Waals surface area contributed by atoms with Gasteiger partial charge < -0.3 is 9.84 Å². The Kier molecular flexibility index (Phi) is 6.51. The molecule has 5 rings (SSSR count). The van der Waals surface area contributed by atoms with Crippen LogP contribution in [0.4, 0.5) is 5.13 Å². The van der Waals surface area contributed by atoms with Crippen LogP contribution >= 0.6 is 22.9 Å². The Bertz CT molecular complexity index is 1490. The fourth-order valence-electron chi connectivity index (χ4n) is 4.30. The first-order valence-corrected chi connectivity index (χ1v) is 12.8. The summed E-state index contributed by atoms with van der Waals surface area (Å²) in [6.45, 7) is 4.48. The van der Waals surface area contributed by atoms with Crippen molar-refractivity contribution in [3.63, 3.8) is 0 Å². The lowest BCUT2D eigenvalue weighted by Gasteiger charge is -2.23. The first kappa shape index (κ1) is 24.0. The minimum Gasteiger partial charge on any atom is -0.507 e. The number of hydrogen-bond donors (Lipinski definition) is 1. The first-order chi connectivity index (χ1) is 17.4. The van der Waals surface area contributed by atoms with Crippen molar-refractivity contribution in [1.82, 2.24) is 4.98 Å². The summed E-state index contributed by atoms with van der Waals surface area (Å²) in [5.41, 5.74) is 2.95. The molecule has 6 nitrogen and oxygen atoms in total. The van der Waals surface area contributed by atoms with E-state index in [4.69, 9.17) is 16.3 Å². The summed E-state index contributed by atoms with van der Waals surface area (Å²) in [5, 5.41) is 12.1. The summed E-state index contributed by atoms with van der Waals surface area (Å²) in [6, 6.07) is 18.8. The zero-order valence-corrected chi connectivity index (χ0v) is 21.3. The minimum absolute atomic E-state index is 0.0000133. The standard InChI is InChI=1S/C28H23ClN2O4S/c1-3-16-5-14-21-22(15-16)36-28(30-21)31-24(17-8-12-20(13-9-17)35-4-2)23(26(33)27(31)34)25(32)18-6-10-19(29)11-7-18/h5-15,24,32H,3-4H2,1-2H3/b25-23+/t24-/m1/s1. The van der Waals surface area contributed by atoms with E-state index in [0.717, 1.165) is 22.2 Å². The largest absolute Gasteiger partial charge is 0.507 e. The molecule has 1 fully saturated rings. The van der Waals surface area contributed by atoms with Gasteiger partial charge in [0.15, 0.2) is 5.13 Å². The van der Waals surface area contributed by atoms with Crippen molar-refractivity contribution >= 4 is 55.7 Å². The van der Waals surface area contributed by atoms with E-state index in [1.807, 2.05) is 25.1 Å². The summed E-state index contributed by atoms with van der Waals surface area (Å²) < 4.78 is 6.49. The van der Waals surface area contributed by atoms with Gasteiger partial charge in [0.1, 0.15) is 11.5 Å². The van der Waals surface area contributed by atoms with Crippen molar-refractivity contribution in [2.75, 3.05) is 11.5 Å². The molecule has 0 bridgehead atoms. The van der Waals surface area contributed by atoms with Gasteiger partial charge in [0.25, 0.3) is 5.78 Å². The number of ketones is 1. The summed E-state index contributed by atoms with van der Waals surface area (Å²) in [4.78, 5) is 32.8. The van der Waals surface area contributed by atoms with E-state index < -0.39 is 17.7 Å². The second-order valence-corrected chi connectivity index (χ2v) is 9.78. The lowest BCUT2D eigenvalue weighted by atomic mass is 9.95. The number of Topliss-reactive ketones (excluding diaryl/α,β-unsaturated/α-hetero) is 1. The van der Waals surface area contributed by atoms with Gasteiger partial charge in [-0.15, -0.1) is 0 Å². The number of ether oxygens (including phenoxy) is 1. The lowest BCUT2D eigenvalue weighted by Crippen LogP contribution is -2.29. The Hall–Kier alpha value is -3.68. The molecule has 1 N–H and O–H groups in total. The van der Waals surface area contributed by atoms with Crippen LogP contribution in [0.15, 0.2) is 72.3 Å². The van der Waals surface area contributed by atoms with Crippen LogP contribution in [0, 0.1) is 0 Å². The van der Waals surface area contributed by atoms with Gasteiger partial charge in [0.2, 0.25) is 0 Å². The van der Waals surface area contributed by atoms with Crippen molar-refractivity contribution in [2.24, 2.45) is 0 Å². The first-order valence-electron chi connectivity index (χ1n) is 11.6. The van der Waals surface area contributed by atoms with Crippen LogP contribution in [0.2, 0.25) is 5.02 Å². The molecule has 0 aliphatic carbocycles. The highest BCUT2D eigenvalue weighted by molar-refractivity contribution is 7.22. The molecule has 1 atom stereocenters. The molecule has 0 saturated carbocycles. The number of hydrogen-bond acceptors (Lipinski definition) is 6. The van der Waals surface area contributed by atoms with E-state index in [-0.39, 0.29) is 11.3 Å². The number of rotatable bonds is 6. The summed E-state index contributed by atoms with van der Waals surface area (Å²) in [7, 11) is 0. The Morgan fingerprint density at radius 3 is 2.44 bits per heavy atom. The predicted molar refractivity (Wildman–Crippen MR) is 143 cm³/mol. The third-order valence-corrected chi connectivity index (χ3v) is 7.39. The zero-order valence-electron chi connectivity index (χ0n) is 19.7. The van der Waals surface area contributed by atoms with E-state index in [1.54, 1.807) is 48.5 Å². The van der Waals surface area contributed by atoms with Gasteiger partial charge in [-0.2, -0.15) is 0 Å². The zero-order chi connectivity index (χ0) is 25.4. The molecular formula is C28H23ClN2O4S. The van der Waals surface area contributed by atoms with Crippen LogP contribution in [0.5, 0.6) is 5.75 Å². The molecule has 182 valence electrons. The number of aryl methyl sites for hydroxylation is 1. The van der Waals surface area contributed by atoms with Crippen molar-refractivity contribution in [3.05, 3.63) is 94.0 Å². The third kappa shape index (κ3) is 4.25. The van der Waals surface area contributed by atoms with Crippen LogP contribution in [-0.2, 0) is 16.0 Å². The highest BCUT2D eigenvalue weighted by Gasteiger charge is 2.48.